The zero-order valence-electron chi connectivity index (χ0n) is 49.1. The molecular formula is C71H110O6. The molecule has 1 unspecified atom stereocenters. The Balaban J connectivity index is 4.47. The van der Waals surface area contributed by atoms with Gasteiger partial charge in [-0.15, -0.1) is 0 Å². The van der Waals surface area contributed by atoms with E-state index in [1.165, 1.54) is 38.5 Å². The smallest absolute Gasteiger partial charge is 0.306 e. The molecule has 0 aliphatic heterocycles. The van der Waals surface area contributed by atoms with Gasteiger partial charge in [-0.05, 0) is 135 Å². The van der Waals surface area contributed by atoms with E-state index >= 15 is 0 Å². The fourth-order valence-electron chi connectivity index (χ4n) is 7.74. The number of allylic oxidation sites excluding steroid dienone is 28. The topological polar surface area (TPSA) is 78.9 Å². The molecule has 0 heterocycles. The minimum atomic E-state index is -0.830. The number of hydrogen-bond acceptors (Lipinski definition) is 6. The Bertz CT molecular complexity index is 1790. The Morgan fingerprint density at radius 2 is 0.494 bits per heavy atom. The third kappa shape index (κ3) is 61.5. The van der Waals surface area contributed by atoms with Crippen LogP contribution in [-0.2, 0) is 28.6 Å². The van der Waals surface area contributed by atoms with Gasteiger partial charge in [0.25, 0.3) is 0 Å². The van der Waals surface area contributed by atoms with E-state index in [1.807, 2.05) is 12.2 Å². The molecule has 0 saturated heterocycles. The summed E-state index contributed by atoms with van der Waals surface area (Å²) < 4.78 is 16.8. The Labute approximate surface area is 472 Å². The standard InChI is InChI=1S/C71H110O6/c1-4-7-10-13-16-19-22-25-27-29-31-33-34-35-36-38-39-41-43-46-49-52-55-58-61-64-70(73)76-67-68(66-75-69(72)63-60-57-54-51-48-45-24-21-18-15-12-9-6-3)77-71(74)65-62-59-56-53-50-47-44-42-40-37-32-30-28-26-23-20-17-14-11-8-5-2/h7-12,16-21,25-28,31-33,35-37,42,44-45,48,54,57,68H,4-6,13-15,22-24,29-30,34,38-41,43,46-47,49-53,55-56,58-67H2,1-3H3/b10-7-,11-8-,12-9-,19-16-,20-17-,21-18-,27-25-,28-26-,33-31-,36-35-,37-32-,44-42-,48-45-,57-54-. The molecule has 0 aliphatic carbocycles. The zero-order valence-corrected chi connectivity index (χ0v) is 49.1. The van der Waals surface area contributed by atoms with Crippen molar-refractivity contribution in [3.05, 3.63) is 170 Å². The monoisotopic (exact) mass is 1060 g/mol. The van der Waals surface area contributed by atoms with E-state index in [4.69, 9.17) is 14.2 Å². The van der Waals surface area contributed by atoms with Crippen molar-refractivity contribution in [1.82, 2.24) is 0 Å². The highest BCUT2D eigenvalue weighted by molar-refractivity contribution is 5.71. The third-order valence-corrected chi connectivity index (χ3v) is 12.2. The average molecular weight is 1060 g/mol. The first-order valence-corrected chi connectivity index (χ1v) is 30.6. The summed E-state index contributed by atoms with van der Waals surface area (Å²) in [6, 6.07) is 0. The lowest BCUT2D eigenvalue weighted by Crippen LogP contribution is -2.30. The van der Waals surface area contributed by atoms with Crippen molar-refractivity contribution < 1.29 is 28.6 Å². The number of carbonyl (C=O) groups excluding carboxylic acids is 3. The minimum absolute atomic E-state index is 0.119. The number of carbonyl (C=O) groups is 3. The lowest BCUT2D eigenvalue weighted by Gasteiger charge is -2.18. The van der Waals surface area contributed by atoms with Crippen molar-refractivity contribution >= 4 is 17.9 Å². The second kappa shape index (κ2) is 63.3. The number of rotatable bonds is 53. The molecule has 0 aromatic rings. The normalized spacial score (nSPS) is 13.3. The van der Waals surface area contributed by atoms with Crippen LogP contribution in [0.3, 0.4) is 0 Å². The molecule has 77 heavy (non-hydrogen) atoms. The van der Waals surface area contributed by atoms with Crippen LogP contribution in [0.4, 0.5) is 0 Å². The van der Waals surface area contributed by atoms with E-state index in [2.05, 4.69) is 179 Å². The van der Waals surface area contributed by atoms with E-state index in [9.17, 15) is 14.4 Å². The Morgan fingerprint density at radius 3 is 0.805 bits per heavy atom. The van der Waals surface area contributed by atoms with E-state index in [-0.39, 0.29) is 44.0 Å². The van der Waals surface area contributed by atoms with E-state index < -0.39 is 6.10 Å². The maximum atomic E-state index is 12.9. The van der Waals surface area contributed by atoms with Crippen LogP contribution in [0.15, 0.2) is 170 Å². The molecule has 6 heteroatoms. The van der Waals surface area contributed by atoms with Crippen molar-refractivity contribution in [2.75, 3.05) is 13.2 Å². The van der Waals surface area contributed by atoms with Crippen LogP contribution in [0.25, 0.3) is 0 Å². The molecule has 0 aliphatic rings. The summed E-state index contributed by atoms with van der Waals surface area (Å²) in [6.45, 7) is 6.20. The van der Waals surface area contributed by atoms with Crippen LogP contribution in [0.1, 0.15) is 239 Å². The van der Waals surface area contributed by atoms with Crippen LogP contribution >= 0.6 is 0 Å². The highest BCUT2D eigenvalue weighted by atomic mass is 16.6. The summed E-state index contributed by atoms with van der Waals surface area (Å²) >= 11 is 0. The quantitative estimate of drug-likeness (QED) is 0.0261. The average Bonchev–Trinajstić information content (AvgIpc) is 3.43. The fourth-order valence-corrected chi connectivity index (χ4v) is 7.74. The first-order valence-electron chi connectivity index (χ1n) is 30.6. The maximum absolute atomic E-state index is 12.9. The van der Waals surface area contributed by atoms with Crippen LogP contribution < -0.4 is 0 Å². The summed E-state index contributed by atoms with van der Waals surface area (Å²) in [5, 5.41) is 0. The molecule has 0 rings (SSSR count). The highest BCUT2D eigenvalue weighted by Crippen LogP contribution is 2.14. The molecule has 0 N–H and O–H groups in total. The predicted molar refractivity (Wildman–Crippen MR) is 334 cm³/mol. The van der Waals surface area contributed by atoms with Crippen LogP contribution in [0, 0.1) is 0 Å². The highest BCUT2D eigenvalue weighted by Gasteiger charge is 2.19. The second-order valence-corrected chi connectivity index (χ2v) is 19.5. The van der Waals surface area contributed by atoms with Gasteiger partial charge in [-0.1, -0.05) is 255 Å². The predicted octanol–water partition coefficient (Wildman–Crippen LogP) is 21.1. The van der Waals surface area contributed by atoms with Crippen LogP contribution in [0.5, 0.6) is 0 Å². The zero-order chi connectivity index (χ0) is 55.7. The molecular weight excluding hydrogens is 949 g/mol. The van der Waals surface area contributed by atoms with Crippen molar-refractivity contribution in [2.45, 2.75) is 245 Å². The fraction of sp³-hybridized carbons (Fsp3) is 0.563. The van der Waals surface area contributed by atoms with Crippen LogP contribution in [-0.4, -0.2) is 37.2 Å². The first-order chi connectivity index (χ1) is 38.0. The van der Waals surface area contributed by atoms with Gasteiger partial charge in [-0.3, -0.25) is 14.4 Å². The van der Waals surface area contributed by atoms with E-state index in [0.29, 0.717) is 12.8 Å². The summed E-state index contributed by atoms with van der Waals surface area (Å²) in [7, 11) is 0. The molecule has 430 valence electrons. The number of hydrogen-bond donors (Lipinski definition) is 0. The van der Waals surface area contributed by atoms with Gasteiger partial charge < -0.3 is 14.2 Å². The summed E-state index contributed by atoms with van der Waals surface area (Å²) in [5.74, 6) is -1.04. The summed E-state index contributed by atoms with van der Waals surface area (Å²) in [5.41, 5.74) is 0. The Hall–Kier alpha value is -5.23. The number of esters is 3. The SMILES string of the molecule is CC/C=C\C/C=C\C/C=C\C/C=C\C/C=C\CCCCCCCCCCCC(=O)OCC(COC(=O)CC/C=C\C/C=C\C/C=C\C/C=C\CC)OC(=O)CCCCCCC/C=C\C/C=C\C/C=C\C/C=C\C/C=C\CC. The number of unbranched alkanes of at least 4 members (excludes halogenated alkanes) is 14. The van der Waals surface area contributed by atoms with Gasteiger partial charge in [0, 0.05) is 19.3 Å². The summed E-state index contributed by atoms with van der Waals surface area (Å²) in [4.78, 5) is 38.2. The van der Waals surface area contributed by atoms with Gasteiger partial charge >= 0.3 is 17.9 Å². The van der Waals surface area contributed by atoms with E-state index in [1.54, 1.807) is 0 Å². The van der Waals surface area contributed by atoms with E-state index in [0.717, 1.165) is 154 Å². The Kier molecular flexibility index (Phi) is 59.0. The van der Waals surface area contributed by atoms with Crippen molar-refractivity contribution in [2.24, 2.45) is 0 Å². The largest absolute Gasteiger partial charge is 0.462 e. The number of ether oxygens (including phenoxy) is 3. The molecule has 0 spiro atoms. The molecule has 0 radical (unpaired) electrons. The van der Waals surface area contributed by atoms with Gasteiger partial charge in [0.2, 0.25) is 0 Å². The molecule has 0 saturated carbocycles. The van der Waals surface area contributed by atoms with Crippen LogP contribution in [0.2, 0.25) is 0 Å². The minimum Gasteiger partial charge on any atom is -0.462 e. The van der Waals surface area contributed by atoms with Gasteiger partial charge in [-0.2, -0.15) is 0 Å². The lowest BCUT2D eigenvalue weighted by atomic mass is 10.1. The van der Waals surface area contributed by atoms with Gasteiger partial charge in [-0.25, -0.2) is 0 Å². The first kappa shape index (κ1) is 71.8. The van der Waals surface area contributed by atoms with Gasteiger partial charge in [0.05, 0.1) is 0 Å². The summed E-state index contributed by atoms with van der Waals surface area (Å²) in [6.07, 6.45) is 93.6. The maximum Gasteiger partial charge on any atom is 0.306 e. The second-order valence-electron chi connectivity index (χ2n) is 19.5. The van der Waals surface area contributed by atoms with Crippen molar-refractivity contribution in [3.8, 4) is 0 Å². The molecule has 0 aromatic heterocycles. The Morgan fingerprint density at radius 1 is 0.260 bits per heavy atom. The lowest BCUT2D eigenvalue weighted by molar-refractivity contribution is -0.166. The molecule has 1 atom stereocenters. The molecule has 0 amide bonds. The molecule has 0 aromatic carbocycles. The molecule has 0 bridgehead atoms. The van der Waals surface area contributed by atoms with Gasteiger partial charge in [0.15, 0.2) is 6.10 Å². The van der Waals surface area contributed by atoms with Crippen molar-refractivity contribution in [1.29, 1.82) is 0 Å². The molecule has 0 fully saturated rings. The van der Waals surface area contributed by atoms with Crippen molar-refractivity contribution in [3.63, 3.8) is 0 Å². The van der Waals surface area contributed by atoms with Gasteiger partial charge in [0.1, 0.15) is 13.2 Å². The third-order valence-electron chi connectivity index (χ3n) is 12.2. The molecule has 6 nitrogen and oxygen atoms in total.